The average Bonchev–Trinajstić information content (AvgIpc) is 3.02. The van der Waals surface area contributed by atoms with Crippen LogP contribution in [0.25, 0.3) is 11.0 Å². The Morgan fingerprint density at radius 3 is 2.72 bits per heavy atom. The molecule has 0 fully saturated rings. The Kier molecular flexibility index (Phi) is 4.18. The summed E-state index contributed by atoms with van der Waals surface area (Å²) in [6, 6.07) is 6.14. The van der Waals surface area contributed by atoms with Crippen LogP contribution in [0.3, 0.4) is 0 Å². The van der Waals surface area contributed by atoms with Gasteiger partial charge in [0, 0.05) is 6.42 Å². The van der Waals surface area contributed by atoms with Gasteiger partial charge >= 0.3 is 6.18 Å². The highest BCUT2D eigenvalue weighted by molar-refractivity contribution is 6.05. The molecule has 0 saturated carbocycles. The van der Waals surface area contributed by atoms with Crippen molar-refractivity contribution in [2.75, 3.05) is 5.32 Å². The molecule has 2 heterocycles. The van der Waals surface area contributed by atoms with Gasteiger partial charge in [-0.2, -0.15) is 13.2 Å². The van der Waals surface area contributed by atoms with Crippen LogP contribution in [0.5, 0.6) is 0 Å². The fourth-order valence-corrected chi connectivity index (χ4v) is 2.98. The lowest BCUT2D eigenvalue weighted by Gasteiger charge is -2.32. The van der Waals surface area contributed by atoms with Gasteiger partial charge in [0.15, 0.2) is 0 Å². The van der Waals surface area contributed by atoms with E-state index in [0.29, 0.717) is 11.9 Å². The predicted octanol–water partition coefficient (Wildman–Crippen LogP) is 2.90. The van der Waals surface area contributed by atoms with Crippen molar-refractivity contribution in [2.45, 2.75) is 44.4 Å². The van der Waals surface area contributed by atoms with Gasteiger partial charge in [-0.05, 0) is 18.6 Å². The van der Waals surface area contributed by atoms with Crippen molar-refractivity contribution >= 4 is 28.8 Å². The summed E-state index contributed by atoms with van der Waals surface area (Å²) < 4.78 is 42.6. The maximum absolute atomic E-state index is 14.0. The zero-order chi connectivity index (χ0) is 18.2. The molecular formula is C16H17F3N4O2. The van der Waals surface area contributed by atoms with Crippen molar-refractivity contribution in [1.82, 2.24) is 14.9 Å². The van der Waals surface area contributed by atoms with Gasteiger partial charge in [0.25, 0.3) is 11.6 Å². The number of halogens is 3. The number of nitrogens with zero attached hydrogens (tertiary/aromatic N) is 2. The number of benzene rings is 1. The number of aromatic nitrogens is 2. The van der Waals surface area contributed by atoms with Crippen LogP contribution in [0.4, 0.5) is 19.1 Å². The third kappa shape index (κ3) is 2.63. The van der Waals surface area contributed by atoms with Gasteiger partial charge in [-0.1, -0.05) is 31.9 Å². The second kappa shape index (κ2) is 6.05. The van der Waals surface area contributed by atoms with Gasteiger partial charge in [-0.25, -0.2) is 4.98 Å². The van der Waals surface area contributed by atoms with Crippen LogP contribution < -0.4 is 10.6 Å². The van der Waals surface area contributed by atoms with Crippen molar-refractivity contribution in [3.8, 4) is 0 Å². The smallest absolute Gasteiger partial charge is 0.317 e. The summed E-state index contributed by atoms with van der Waals surface area (Å²) in [7, 11) is 0. The minimum absolute atomic E-state index is 0.0824. The van der Waals surface area contributed by atoms with Crippen molar-refractivity contribution < 1.29 is 22.8 Å². The highest BCUT2D eigenvalue weighted by atomic mass is 19.4. The first kappa shape index (κ1) is 17.2. The average molecular weight is 354 g/mol. The molecule has 2 aromatic rings. The number of carbonyl (C=O) groups is 2. The van der Waals surface area contributed by atoms with E-state index in [1.54, 1.807) is 12.1 Å². The molecular weight excluding hydrogens is 337 g/mol. The lowest BCUT2D eigenvalue weighted by molar-refractivity contribution is -0.217. The fraction of sp³-hybridized carbons (Fsp3) is 0.438. The molecule has 0 radical (unpaired) electrons. The number of para-hydroxylation sites is 2. The van der Waals surface area contributed by atoms with E-state index in [-0.39, 0.29) is 17.9 Å². The number of amides is 2. The van der Waals surface area contributed by atoms with Crippen molar-refractivity contribution in [2.24, 2.45) is 0 Å². The van der Waals surface area contributed by atoms with E-state index in [9.17, 15) is 22.8 Å². The Balaban J connectivity index is 2.08. The van der Waals surface area contributed by atoms with Gasteiger partial charge < -0.3 is 5.32 Å². The first-order chi connectivity index (χ1) is 11.8. The quantitative estimate of drug-likeness (QED) is 0.811. The summed E-state index contributed by atoms with van der Waals surface area (Å²) in [5.74, 6) is -2.43. The van der Waals surface area contributed by atoms with Gasteiger partial charge in [0.1, 0.15) is 0 Å². The van der Waals surface area contributed by atoms with Crippen LogP contribution in [-0.2, 0) is 15.3 Å². The van der Waals surface area contributed by atoms with Crippen molar-refractivity contribution in [1.29, 1.82) is 0 Å². The Morgan fingerprint density at radius 1 is 1.32 bits per heavy atom. The maximum atomic E-state index is 14.0. The van der Waals surface area contributed by atoms with Gasteiger partial charge in [-0.3, -0.25) is 19.5 Å². The lowest BCUT2D eigenvalue weighted by Crippen LogP contribution is -2.63. The van der Waals surface area contributed by atoms with Crippen LogP contribution in [0.15, 0.2) is 24.3 Å². The number of nitrogens with one attached hydrogen (secondary N) is 2. The molecule has 0 bridgehead atoms. The molecule has 6 nitrogen and oxygen atoms in total. The number of hydrogen-bond acceptors (Lipinski definition) is 3. The number of hydrogen-bond donors (Lipinski definition) is 2. The van der Waals surface area contributed by atoms with Crippen LogP contribution >= 0.6 is 0 Å². The topological polar surface area (TPSA) is 76.0 Å². The molecule has 1 atom stereocenters. The molecule has 1 aromatic carbocycles. The number of alkyl halides is 3. The summed E-state index contributed by atoms with van der Waals surface area (Å²) >= 11 is 0. The Bertz CT molecular complexity index is 830. The third-order valence-corrected chi connectivity index (χ3v) is 4.19. The molecule has 25 heavy (non-hydrogen) atoms. The lowest BCUT2D eigenvalue weighted by atomic mass is 10.1. The predicted molar refractivity (Wildman–Crippen MR) is 84.7 cm³/mol. The standard InChI is InChI=1S/C16H17F3N4O2/c1-2-3-4-9-12(24)22-15(16(17,18)19)13(25)21-14-20-10-7-5-6-8-11(10)23(14)15/h5-8H,2-4,9H2,1H3,(H,22,24)(H,20,21,25). The third-order valence-electron chi connectivity index (χ3n) is 4.19. The maximum Gasteiger partial charge on any atom is 0.440 e. The van der Waals surface area contributed by atoms with Crippen LogP contribution in [0.2, 0.25) is 0 Å². The van der Waals surface area contributed by atoms with E-state index in [1.165, 1.54) is 12.1 Å². The first-order valence-electron chi connectivity index (χ1n) is 7.98. The zero-order valence-electron chi connectivity index (χ0n) is 13.5. The van der Waals surface area contributed by atoms with E-state index < -0.39 is 23.7 Å². The molecule has 0 spiro atoms. The van der Waals surface area contributed by atoms with Gasteiger partial charge in [0.05, 0.1) is 11.0 Å². The summed E-state index contributed by atoms with van der Waals surface area (Å²) in [6.07, 6.45) is -3.12. The molecule has 2 amide bonds. The normalized spacial score (nSPS) is 19.8. The van der Waals surface area contributed by atoms with Crippen LogP contribution in [-0.4, -0.2) is 27.5 Å². The minimum Gasteiger partial charge on any atom is -0.317 e. The van der Waals surface area contributed by atoms with E-state index in [4.69, 9.17) is 0 Å². The Hall–Kier alpha value is -2.58. The van der Waals surface area contributed by atoms with E-state index in [0.717, 1.165) is 17.4 Å². The summed E-state index contributed by atoms with van der Waals surface area (Å²) in [6.45, 7) is 1.92. The van der Waals surface area contributed by atoms with Crippen molar-refractivity contribution in [3.05, 3.63) is 24.3 Å². The molecule has 2 N–H and O–H groups in total. The van der Waals surface area contributed by atoms with E-state index in [2.05, 4.69) is 10.3 Å². The van der Waals surface area contributed by atoms with Gasteiger partial charge in [0.2, 0.25) is 11.9 Å². The van der Waals surface area contributed by atoms with E-state index in [1.807, 2.05) is 12.2 Å². The summed E-state index contributed by atoms with van der Waals surface area (Å²) in [4.78, 5) is 28.4. The second-order valence-corrected chi connectivity index (χ2v) is 5.93. The summed E-state index contributed by atoms with van der Waals surface area (Å²) in [5.41, 5.74) is -2.78. The van der Waals surface area contributed by atoms with Crippen LogP contribution in [0.1, 0.15) is 32.6 Å². The largest absolute Gasteiger partial charge is 0.440 e. The Labute approximate surface area is 141 Å². The SMILES string of the molecule is CCCCCC(=O)NC1(C(F)(F)F)C(=O)Nc2nc3ccccc3n21. The molecule has 9 heteroatoms. The number of imidazole rings is 1. The molecule has 0 aliphatic carbocycles. The summed E-state index contributed by atoms with van der Waals surface area (Å²) in [5, 5.41) is 4.06. The molecule has 1 aromatic heterocycles. The highest BCUT2D eigenvalue weighted by Crippen LogP contribution is 2.43. The number of rotatable bonds is 5. The van der Waals surface area contributed by atoms with Gasteiger partial charge in [-0.15, -0.1) is 0 Å². The molecule has 1 unspecified atom stereocenters. The number of unbranched alkanes of at least 4 members (excludes halogenated alkanes) is 2. The molecule has 3 rings (SSSR count). The fourth-order valence-electron chi connectivity index (χ4n) is 2.98. The van der Waals surface area contributed by atoms with Crippen molar-refractivity contribution in [3.63, 3.8) is 0 Å². The first-order valence-corrected chi connectivity index (χ1v) is 7.98. The second-order valence-electron chi connectivity index (χ2n) is 5.93. The molecule has 1 aliphatic rings. The molecule has 1 aliphatic heterocycles. The Morgan fingerprint density at radius 2 is 2.04 bits per heavy atom. The number of fused-ring (bicyclic) bond motifs is 3. The molecule has 134 valence electrons. The van der Waals surface area contributed by atoms with E-state index >= 15 is 0 Å². The molecule has 0 saturated heterocycles. The van der Waals surface area contributed by atoms with Crippen LogP contribution in [0, 0.1) is 0 Å². The highest BCUT2D eigenvalue weighted by Gasteiger charge is 2.67. The monoisotopic (exact) mass is 354 g/mol. The zero-order valence-corrected chi connectivity index (χ0v) is 13.5. The minimum atomic E-state index is -5.04. The number of carbonyl (C=O) groups excluding carboxylic acids is 2. The number of anilines is 1.